The standard InChI is InChI=1S/C10H12IN3O2S/c1-7(17(3,15)14-6-12)8-4-9(16-2)10(11)13-5-8/h4-5,7H,1-3H3. The number of aromatic nitrogens is 1. The molecular formula is C10H12IN3O2S. The second-order valence-electron chi connectivity index (χ2n) is 3.46. The Bertz CT molecular complexity index is 573. The highest BCUT2D eigenvalue weighted by molar-refractivity contribution is 14.1. The van der Waals surface area contributed by atoms with E-state index < -0.39 is 9.73 Å². The Morgan fingerprint density at radius 2 is 2.35 bits per heavy atom. The Labute approximate surface area is 115 Å². The molecule has 0 aliphatic rings. The van der Waals surface area contributed by atoms with Crippen LogP contribution in [0.2, 0.25) is 0 Å². The lowest BCUT2D eigenvalue weighted by molar-refractivity contribution is 0.408. The van der Waals surface area contributed by atoms with Gasteiger partial charge in [0.2, 0.25) is 6.19 Å². The van der Waals surface area contributed by atoms with Gasteiger partial charge < -0.3 is 4.74 Å². The predicted molar refractivity (Wildman–Crippen MR) is 74.0 cm³/mol. The SMILES string of the molecule is COc1cc(C(C)S(C)(=O)=NC#N)cnc1I. The molecule has 0 bridgehead atoms. The summed E-state index contributed by atoms with van der Waals surface area (Å²) >= 11 is 2.05. The van der Waals surface area contributed by atoms with Crippen LogP contribution in [0.3, 0.4) is 0 Å². The number of ether oxygens (including phenoxy) is 1. The quantitative estimate of drug-likeness (QED) is 0.468. The zero-order chi connectivity index (χ0) is 13.1. The molecule has 92 valence electrons. The summed E-state index contributed by atoms with van der Waals surface area (Å²) in [7, 11) is -1.03. The van der Waals surface area contributed by atoms with Crippen molar-refractivity contribution < 1.29 is 8.95 Å². The minimum atomic E-state index is -2.59. The van der Waals surface area contributed by atoms with Crippen LogP contribution in [0.4, 0.5) is 0 Å². The third-order valence-corrected chi connectivity index (χ3v) is 5.23. The van der Waals surface area contributed by atoms with Crippen LogP contribution in [0.1, 0.15) is 17.7 Å². The Hall–Kier alpha value is -0.880. The average Bonchev–Trinajstić information content (AvgIpc) is 2.28. The summed E-state index contributed by atoms with van der Waals surface area (Å²) in [5.41, 5.74) is 0.744. The van der Waals surface area contributed by atoms with Crippen LogP contribution in [0, 0.1) is 15.2 Å². The lowest BCUT2D eigenvalue weighted by Crippen LogP contribution is -2.08. The number of hydrogen-bond donors (Lipinski definition) is 0. The van der Waals surface area contributed by atoms with E-state index in [1.165, 1.54) is 6.26 Å². The average molecular weight is 365 g/mol. The van der Waals surface area contributed by atoms with Crippen LogP contribution in [0.15, 0.2) is 16.6 Å². The van der Waals surface area contributed by atoms with Gasteiger partial charge in [-0.15, -0.1) is 4.36 Å². The van der Waals surface area contributed by atoms with Crippen molar-refractivity contribution in [2.75, 3.05) is 13.4 Å². The second-order valence-corrected chi connectivity index (χ2v) is 7.09. The highest BCUT2D eigenvalue weighted by Crippen LogP contribution is 2.27. The first kappa shape index (κ1) is 14.2. The van der Waals surface area contributed by atoms with E-state index in [4.69, 9.17) is 10.00 Å². The summed E-state index contributed by atoms with van der Waals surface area (Å²) in [5, 5.41) is 8.13. The fraction of sp³-hybridized carbons (Fsp3) is 0.400. The molecule has 0 saturated heterocycles. The first-order valence-electron chi connectivity index (χ1n) is 4.71. The predicted octanol–water partition coefficient (Wildman–Crippen LogP) is 2.33. The largest absolute Gasteiger partial charge is 0.494 e. The number of methoxy groups -OCH3 is 1. The lowest BCUT2D eigenvalue weighted by Gasteiger charge is -2.13. The van der Waals surface area contributed by atoms with E-state index in [0.717, 1.165) is 9.26 Å². The number of nitriles is 1. The number of hydrogen-bond acceptors (Lipinski definition) is 5. The summed E-state index contributed by atoms with van der Waals surface area (Å²) in [6.07, 6.45) is 4.69. The molecule has 1 aromatic heterocycles. The van der Waals surface area contributed by atoms with Crippen LogP contribution < -0.4 is 4.74 Å². The van der Waals surface area contributed by atoms with Gasteiger partial charge in [-0.25, -0.2) is 9.19 Å². The molecule has 1 aromatic rings. The van der Waals surface area contributed by atoms with Crippen LogP contribution in [-0.4, -0.2) is 22.6 Å². The summed E-state index contributed by atoms with van der Waals surface area (Å²) in [4.78, 5) is 4.16. The molecule has 2 unspecified atom stereocenters. The smallest absolute Gasteiger partial charge is 0.214 e. The van der Waals surface area contributed by atoms with Gasteiger partial charge in [0.05, 0.1) is 22.1 Å². The van der Waals surface area contributed by atoms with Gasteiger partial charge in [0.25, 0.3) is 0 Å². The molecule has 0 spiro atoms. The Morgan fingerprint density at radius 3 is 2.88 bits per heavy atom. The fourth-order valence-electron chi connectivity index (χ4n) is 1.22. The Morgan fingerprint density at radius 1 is 1.71 bits per heavy atom. The highest BCUT2D eigenvalue weighted by atomic mass is 127. The fourth-order valence-corrected chi connectivity index (χ4v) is 2.69. The lowest BCUT2D eigenvalue weighted by atomic mass is 10.2. The maximum atomic E-state index is 12.1. The van der Waals surface area contributed by atoms with Crippen molar-refractivity contribution in [1.29, 1.82) is 5.26 Å². The number of halogens is 1. The van der Waals surface area contributed by atoms with Crippen molar-refractivity contribution in [2.45, 2.75) is 12.2 Å². The summed E-state index contributed by atoms with van der Waals surface area (Å²) in [5.74, 6) is 0.627. The zero-order valence-electron chi connectivity index (χ0n) is 9.68. The normalized spacial score (nSPS) is 15.5. The first-order chi connectivity index (χ1) is 7.92. The molecule has 0 radical (unpaired) electrons. The second kappa shape index (κ2) is 5.64. The minimum Gasteiger partial charge on any atom is -0.494 e. The van der Waals surface area contributed by atoms with Gasteiger partial charge in [-0.3, -0.25) is 0 Å². The van der Waals surface area contributed by atoms with Crippen LogP contribution in [0.5, 0.6) is 5.75 Å². The van der Waals surface area contributed by atoms with Crippen molar-refractivity contribution in [1.82, 2.24) is 4.98 Å². The van der Waals surface area contributed by atoms with Crippen molar-refractivity contribution in [2.24, 2.45) is 4.36 Å². The molecule has 0 N–H and O–H groups in total. The third kappa shape index (κ3) is 3.29. The molecule has 5 nitrogen and oxygen atoms in total. The van der Waals surface area contributed by atoms with Gasteiger partial charge in [0.1, 0.15) is 3.70 Å². The van der Waals surface area contributed by atoms with E-state index in [0.29, 0.717) is 5.75 Å². The van der Waals surface area contributed by atoms with Gasteiger partial charge in [-0.05, 0) is 41.1 Å². The van der Waals surface area contributed by atoms with Crippen molar-refractivity contribution >= 4 is 32.3 Å². The van der Waals surface area contributed by atoms with Crippen LogP contribution in [-0.2, 0) is 9.73 Å². The summed E-state index contributed by atoms with van der Waals surface area (Å²) in [6, 6.07) is 1.77. The number of rotatable bonds is 3. The van der Waals surface area contributed by atoms with Gasteiger partial charge in [-0.1, -0.05) is 0 Å². The van der Waals surface area contributed by atoms with Crippen LogP contribution >= 0.6 is 22.6 Å². The number of nitrogens with zero attached hydrogens (tertiary/aromatic N) is 3. The maximum Gasteiger partial charge on any atom is 0.214 e. The third-order valence-electron chi connectivity index (χ3n) is 2.40. The molecule has 2 atom stereocenters. The number of pyridine rings is 1. The van der Waals surface area contributed by atoms with Gasteiger partial charge in [-0.2, -0.15) is 5.26 Å². The van der Waals surface area contributed by atoms with E-state index in [9.17, 15) is 4.21 Å². The molecule has 0 aliphatic heterocycles. The zero-order valence-corrected chi connectivity index (χ0v) is 12.7. The monoisotopic (exact) mass is 365 g/mol. The molecule has 1 rings (SSSR count). The van der Waals surface area contributed by atoms with Gasteiger partial charge >= 0.3 is 0 Å². The minimum absolute atomic E-state index is 0.374. The first-order valence-corrected chi connectivity index (χ1v) is 7.77. The van der Waals surface area contributed by atoms with Crippen molar-refractivity contribution in [3.63, 3.8) is 0 Å². The van der Waals surface area contributed by atoms with Crippen molar-refractivity contribution in [3.8, 4) is 11.9 Å². The Kier molecular flexibility index (Phi) is 4.70. The molecule has 0 amide bonds. The van der Waals surface area contributed by atoms with E-state index in [-0.39, 0.29) is 5.25 Å². The molecule has 0 saturated carbocycles. The van der Waals surface area contributed by atoms with Gasteiger partial charge in [0.15, 0.2) is 5.75 Å². The molecule has 7 heteroatoms. The maximum absolute atomic E-state index is 12.1. The molecule has 0 aliphatic carbocycles. The molecule has 17 heavy (non-hydrogen) atoms. The summed E-state index contributed by atoms with van der Waals surface area (Å²) in [6.45, 7) is 1.76. The van der Waals surface area contributed by atoms with Crippen LogP contribution in [0.25, 0.3) is 0 Å². The molecule has 0 fully saturated rings. The van der Waals surface area contributed by atoms with Crippen molar-refractivity contribution in [3.05, 3.63) is 21.5 Å². The molecule has 1 heterocycles. The van der Waals surface area contributed by atoms with E-state index in [1.807, 2.05) is 0 Å². The topological polar surface area (TPSA) is 75.3 Å². The Balaban J connectivity index is 3.24. The molecular weight excluding hydrogens is 353 g/mol. The summed E-state index contributed by atoms with van der Waals surface area (Å²) < 4.78 is 21.5. The van der Waals surface area contributed by atoms with E-state index in [1.54, 1.807) is 32.5 Å². The van der Waals surface area contributed by atoms with E-state index >= 15 is 0 Å². The highest BCUT2D eigenvalue weighted by Gasteiger charge is 2.18. The van der Waals surface area contributed by atoms with E-state index in [2.05, 4.69) is 31.9 Å². The van der Waals surface area contributed by atoms with Gasteiger partial charge in [0, 0.05) is 12.5 Å². The molecule has 0 aromatic carbocycles.